The summed E-state index contributed by atoms with van der Waals surface area (Å²) in [5, 5.41) is 3.12. The molecule has 0 atom stereocenters. The number of benzene rings is 5. The Bertz CT molecular complexity index is 2520. The highest BCUT2D eigenvalue weighted by molar-refractivity contribution is 6.03. The third kappa shape index (κ3) is 4.89. The van der Waals surface area contributed by atoms with Crippen molar-refractivity contribution in [3.05, 3.63) is 152 Å². The molecule has 0 aliphatic heterocycles. The molecule has 0 spiro atoms. The standard InChI is InChI=1S/C41H25N5O/c1-3-11-26(12-4-1)39-44-40(27-13-5-2-6-14-27)46-41(45-39)29-16-9-15-28(23-29)31-19-10-17-30-25-42-35(24-33(30)31)34-21-22-37-38(43-34)32-18-7-8-20-36(32)47-37/h1-25H. The molecule has 9 aromatic rings. The Morgan fingerprint density at radius 3 is 1.81 bits per heavy atom. The van der Waals surface area contributed by atoms with E-state index in [0.717, 1.165) is 72.0 Å². The Hall–Kier alpha value is -6.53. The van der Waals surface area contributed by atoms with Gasteiger partial charge in [-0.2, -0.15) is 0 Å². The fourth-order valence-corrected chi connectivity index (χ4v) is 6.06. The SMILES string of the molecule is c1ccc(-c2nc(-c3ccccc3)nc(-c3cccc(-c4cccc5cnc(-c6ccc7oc8ccccc8c7n6)cc45)c3)n2)cc1. The number of furan rings is 1. The minimum absolute atomic E-state index is 0.618. The highest BCUT2D eigenvalue weighted by atomic mass is 16.3. The molecule has 0 aliphatic carbocycles. The number of para-hydroxylation sites is 1. The van der Waals surface area contributed by atoms with Crippen LogP contribution in [0, 0.1) is 0 Å². The summed E-state index contributed by atoms with van der Waals surface area (Å²) in [6.45, 7) is 0. The number of hydrogen-bond donors (Lipinski definition) is 0. The van der Waals surface area contributed by atoms with Crippen molar-refractivity contribution in [1.82, 2.24) is 24.9 Å². The largest absolute Gasteiger partial charge is 0.454 e. The third-order valence-corrected chi connectivity index (χ3v) is 8.38. The van der Waals surface area contributed by atoms with Crippen LogP contribution in [0.4, 0.5) is 0 Å². The van der Waals surface area contributed by atoms with Gasteiger partial charge in [-0.15, -0.1) is 0 Å². The van der Waals surface area contributed by atoms with E-state index in [9.17, 15) is 0 Å². The predicted molar refractivity (Wildman–Crippen MR) is 187 cm³/mol. The van der Waals surface area contributed by atoms with Crippen LogP contribution in [0.2, 0.25) is 0 Å². The zero-order valence-corrected chi connectivity index (χ0v) is 25.1. The third-order valence-electron chi connectivity index (χ3n) is 8.38. The average molecular weight is 604 g/mol. The topological polar surface area (TPSA) is 77.6 Å². The summed E-state index contributed by atoms with van der Waals surface area (Å²) in [5.41, 5.74) is 8.94. The quantitative estimate of drug-likeness (QED) is 0.195. The monoisotopic (exact) mass is 603 g/mol. The highest BCUT2D eigenvalue weighted by Gasteiger charge is 2.15. The molecule has 6 nitrogen and oxygen atoms in total. The summed E-state index contributed by atoms with van der Waals surface area (Å²) >= 11 is 0. The van der Waals surface area contributed by atoms with Crippen molar-refractivity contribution in [2.45, 2.75) is 0 Å². The van der Waals surface area contributed by atoms with E-state index in [1.807, 2.05) is 103 Å². The van der Waals surface area contributed by atoms with Crippen molar-refractivity contribution in [2.75, 3.05) is 0 Å². The van der Waals surface area contributed by atoms with Gasteiger partial charge in [-0.25, -0.2) is 19.9 Å². The first-order chi connectivity index (χ1) is 23.3. The molecule has 220 valence electrons. The molecule has 4 aromatic heterocycles. The molecule has 0 aliphatic rings. The van der Waals surface area contributed by atoms with Gasteiger partial charge >= 0.3 is 0 Å². The van der Waals surface area contributed by atoms with Crippen molar-refractivity contribution < 1.29 is 4.42 Å². The molecule has 0 bridgehead atoms. The fourth-order valence-electron chi connectivity index (χ4n) is 6.06. The number of hydrogen-bond acceptors (Lipinski definition) is 6. The molecular weight excluding hydrogens is 578 g/mol. The van der Waals surface area contributed by atoms with Crippen LogP contribution in [0.1, 0.15) is 0 Å². The smallest absolute Gasteiger partial charge is 0.164 e. The van der Waals surface area contributed by atoms with Crippen LogP contribution < -0.4 is 0 Å². The van der Waals surface area contributed by atoms with Crippen molar-refractivity contribution in [2.24, 2.45) is 0 Å². The molecule has 5 aromatic carbocycles. The maximum atomic E-state index is 6.01. The van der Waals surface area contributed by atoms with E-state index in [1.165, 1.54) is 0 Å². The molecule has 0 saturated carbocycles. The molecule has 0 N–H and O–H groups in total. The summed E-state index contributed by atoms with van der Waals surface area (Å²) in [5.74, 6) is 1.89. The average Bonchev–Trinajstić information content (AvgIpc) is 3.53. The predicted octanol–water partition coefficient (Wildman–Crippen LogP) is 10.0. The summed E-state index contributed by atoms with van der Waals surface area (Å²) < 4.78 is 6.01. The lowest BCUT2D eigenvalue weighted by Crippen LogP contribution is -2.00. The van der Waals surface area contributed by atoms with Crippen LogP contribution in [0.25, 0.3) is 89.5 Å². The van der Waals surface area contributed by atoms with E-state index in [1.54, 1.807) is 0 Å². The zero-order chi connectivity index (χ0) is 31.2. The number of rotatable bonds is 5. The van der Waals surface area contributed by atoms with Gasteiger partial charge in [0.25, 0.3) is 0 Å². The lowest BCUT2D eigenvalue weighted by atomic mass is 9.97. The molecule has 0 unspecified atom stereocenters. The highest BCUT2D eigenvalue weighted by Crippen LogP contribution is 2.35. The van der Waals surface area contributed by atoms with Gasteiger partial charge in [0.05, 0.1) is 11.4 Å². The van der Waals surface area contributed by atoms with E-state index in [0.29, 0.717) is 17.5 Å². The van der Waals surface area contributed by atoms with Crippen molar-refractivity contribution in [1.29, 1.82) is 0 Å². The van der Waals surface area contributed by atoms with Gasteiger partial charge in [0.15, 0.2) is 23.1 Å². The fraction of sp³-hybridized carbons (Fsp3) is 0. The Morgan fingerprint density at radius 1 is 0.404 bits per heavy atom. The second-order valence-electron chi connectivity index (χ2n) is 11.4. The second-order valence-corrected chi connectivity index (χ2v) is 11.4. The van der Waals surface area contributed by atoms with E-state index in [-0.39, 0.29) is 0 Å². The lowest BCUT2D eigenvalue weighted by molar-refractivity contribution is 0.668. The molecule has 47 heavy (non-hydrogen) atoms. The van der Waals surface area contributed by atoms with Gasteiger partial charge in [0.2, 0.25) is 0 Å². The Morgan fingerprint density at radius 2 is 1.04 bits per heavy atom. The summed E-state index contributed by atoms with van der Waals surface area (Å²) in [6.07, 6.45) is 1.92. The first kappa shape index (κ1) is 26.8. The summed E-state index contributed by atoms with van der Waals surface area (Å²) in [7, 11) is 0. The minimum atomic E-state index is 0.618. The zero-order valence-electron chi connectivity index (χ0n) is 25.1. The molecule has 0 radical (unpaired) electrons. The minimum Gasteiger partial charge on any atom is -0.454 e. The van der Waals surface area contributed by atoms with Crippen LogP contribution in [0.15, 0.2) is 156 Å². The summed E-state index contributed by atoms with van der Waals surface area (Å²) in [6, 6.07) is 48.8. The van der Waals surface area contributed by atoms with Crippen LogP contribution in [-0.2, 0) is 0 Å². The molecular formula is C41H25N5O. The van der Waals surface area contributed by atoms with Crippen LogP contribution >= 0.6 is 0 Å². The molecule has 9 rings (SSSR count). The van der Waals surface area contributed by atoms with Gasteiger partial charge in [-0.05, 0) is 52.9 Å². The van der Waals surface area contributed by atoms with Gasteiger partial charge in [-0.1, -0.05) is 109 Å². The molecule has 0 amide bonds. The number of nitrogens with zero attached hydrogens (tertiary/aromatic N) is 5. The van der Waals surface area contributed by atoms with E-state index >= 15 is 0 Å². The first-order valence-corrected chi connectivity index (χ1v) is 15.4. The number of fused-ring (bicyclic) bond motifs is 4. The maximum Gasteiger partial charge on any atom is 0.164 e. The van der Waals surface area contributed by atoms with Gasteiger partial charge in [0, 0.05) is 33.7 Å². The van der Waals surface area contributed by atoms with E-state index in [4.69, 9.17) is 29.3 Å². The van der Waals surface area contributed by atoms with Gasteiger partial charge in [-0.3, -0.25) is 4.98 Å². The molecule has 0 fully saturated rings. The van der Waals surface area contributed by atoms with Gasteiger partial charge < -0.3 is 4.42 Å². The number of pyridine rings is 2. The molecule has 0 saturated heterocycles. The normalized spacial score (nSPS) is 11.4. The van der Waals surface area contributed by atoms with Gasteiger partial charge in [0.1, 0.15) is 11.1 Å². The second kappa shape index (κ2) is 11.1. The van der Waals surface area contributed by atoms with Crippen LogP contribution in [0.5, 0.6) is 0 Å². The maximum absolute atomic E-state index is 6.01. The van der Waals surface area contributed by atoms with Crippen LogP contribution in [0.3, 0.4) is 0 Å². The van der Waals surface area contributed by atoms with Crippen molar-refractivity contribution in [3.63, 3.8) is 0 Å². The van der Waals surface area contributed by atoms with E-state index in [2.05, 4.69) is 48.5 Å². The molecule has 4 heterocycles. The first-order valence-electron chi connectivity index (χ1n) is 15.4. The Balaban J connectivity index is 1.16. The Labute approximate surface area is 270 Å². The lowest BCUT2D eigenvalue weighted by Gasteiger charge is -2.11. The molecule has 6 heteroatoms. The van der Waals surface area contributed by atoms with Crippen molar-refractivity contribution >= 4 is 32.8 Å². The van der Waals surface area contributed by atoms with Crippen molar-refractivity contribution in [3.8, 4) is 56.7 Å². The van der Waals surface area contributed by atoms with Crippen LogP contribution in [-0.4, -0.2) is 24.9 Å². The summed E-state index contributed by atoms with van der Waals surface area (Å²) in [4.78, 5) is 24.5. The number of aromatic nitrogens is 5. The van der Waals surface area contributed by atoms with E-state index < -0.39 is 0 Å². The Kier molecular flexibility index (Phi) is 6.35.